The molecule has 0 spiro atoms. The third-order valence-electron chi connectivity index (χ3n) is 3.62. The molecule has 2 rings (SSSR count). The van der Waals surface area contributed by atoms with Crippen LogP contribution in [-0.2, 0) is 11.3 Å². The van der Waals surface area contributed by atoms with E-state index in [-0.39, 0.29) is 0 Å². The lowest BCUT2D eigenvalue weighted by atomic mass is 9.75. The van der Waals surface area contributed by atoms with E-state index in [9.17, 15) is 0 Å². The van der Waals surface area contributed by atoms with Crippen LogP contribution in [0.2, 0.25) is 0 Å². The second kappa shape index (κ2) is 5.74. The Morgan fingerprint density at radius 2 is 2.26 bits per heavy atom. The second-order valence-electron chi connectivity index (χ2n) is 6.13. The van der Waals surface area contributed by atoms with Crippen LogP contribution in [0.5, 0.6) is 0 Å². The van der Waals surface area contributed by atoms with Gasteiger partial charge in [0.05, 0.1) is 0 Å². The highest BCUT2D eigenvalue weighted by molar-refractivity contribution is 5.45. The van der Waals surface area contributed by atoms with E-state index in [2.05, 4.69) is 29.1 Å². The minimum atomic E-state index is 0.385. The molecule has 0 aliphatic heterocycles. The smallest absolute Gasteiger partial charge is 0.158 e. The Hall–Kier alpha value is -1.36. The van der Waals surface area contributed by atoms with Crippen molar-refractivity contribution in [3.8, 4) is 0 Å². The Labute approximate surface area is 115 Å². The molecule has 1 saturated carbocycles. The van der Waals surface area contributed by atoms with Crippen molar-refractivity contribution in [2.75, 3.05) is 18.2 Å². The molecule has 1 aliphatic carbocycles. The van der Waals surface area contributed by atoms with Crippen molar-refractivity contribution in [1.82, 2.24) is 9.97 Å². The van der Waals surface area contributed by atoms with Crippen molar-refractivity contribution in [2.45, 2.75) is 52.2 Å². The summed E-state index contributed by atoms with van der Waals surface area (Å²) in [5, 5.41) is 3.49. The fraction of sp³-hybridized carbons (Fsp3) is 0.714. The molecular weight excluding hydrogens is 240 g/mol. The molecular formula is C14H24N4O. The maximum absolute atomic E-state index is 5.80. The number of methoxy groups -OCH3 is 1. The average Bonchev–Trinajstić information content (AvgIpc) is 2.26. The summed E-state index contributed by atoms with van der Waals surface area (Å²) in [5.74, 6) is 1.92. The Bertz CT molecular complexity index is 433. The molecule has 5 heteroatoms. The van der Waals surface area contributed by atoms with E-state index in [1.807, 2.05) is 0 Å². The highest BCUT2D eigenvalue weighted by atomic mass is 16.5. The van der Waals surface area contributed by atoms with Crippen molar-refractivity contribution < 1.29 is 4.74 Å². The average molecular weight is 264 g/mol. The summed E-state index contributed by atoms with van der Waals surface area (Å²) in [5.41, 5.74) is 6.21. The number of nitrogens with zero attached hydrogens (tertiary/aromatic N) is 2. The van der Waals surface area contributed by atoms with Gasteiger partial charge >= 0.3 is 0 Å². The summed E-state index contributed by atoms with van der Waals surface area (Å²) >= 11 is 0. The van der Waals surface area contributed by atoms with Crippen molar-refractivity contribution >= 4 is 11.6 Å². The summed E-state index contributed by atoms with van der Waals surface area (Å²) in [4.78, 5) is 8.58. The van der Waals surface area contributed by atoms with Crippen LogP contribution in [0, 0.1) is 5.41 Å². The maximum atomic E-state index is 5.80. The van der Waals surface area contributed by atoms with E-state index in [0.29, 0.717) is 29.7 Å². The number of hydrogen-bond acceptors (Lipinski definition) is 5. The molecule has 0 aromatic carbocycles. The highest BCUT2D eigenvalue weighted by Gasteiger charge is 2.28. The van der Waals surface area contributed by atoms with E-state index in [4.69, 9.17) is 10.5 Å². The van der Waals surface area contributed by atoms with Gasteiger partial charge in [-0.05, 0) is 24.7 Å². The van der Waals surface area contributed by atoms with Gasteiger partial charge in [-0.15, -0.1) is 0 Å². The minimum Gasteiger partial charge on any atom is -0.384 e. The Morgan fingerprint density at radius 3 is 2.95 bits per heavy atom. The summed E-state index contributed by atoms with van der Waals surface area (Å²) in [6, 6.07) is 2.26. The predicted molar refractivity (Wildman–Crippen MR) is 76.8 cm³/mol. The number of hydrogen-bond donors (Lipinski definition) is 2. The number of anilines is 2. The standard InChI is InChI=1S/C14H24N4O/c1-14(2)6-4-5-10(8-14)16-12-7-11(15)17-13(18-12)9-19-3/h7,10H,4-6,8-9H2,1-3H3,(H3,15,16,17,18). The van der Waals surface area contributed by atoms with Crippen LogP contribution < -0.4 is 11.1 Å². The largest absolute Gasteiger partial charge is 0.384 e. The van der Waals surface area contributed by atoms with Gasteiger partial charge in [-0.2, -0.15) is 0 Å². The van der Waals surface area contributed by atoms with Crippen LogP contribution in [-0.4, -0.2) is 23.1 Å². The Kier molecular flexibility index (Phi) is 4.24. The molecule has 19 heavy (non-hydrogen) atoms. The lowest BCUT2D eigenvalue weighted by Crippen LogP contribution is -2.32. The van der Waals surface area contributed by atoms with E-state index >= 15 is 0 Å². The molecule has 0 radical (unpaired) electrons. The van der Waals surface area contributed by atoms with E-state index in [1.165, 1.54) is 19.3 Å². The van der Waals surface area contributed by atoms with E-state index in [0.717, 1.165) is 12.2 Å². The molecule has 1 atom stereocenters. The van der Waals surface area contributed by atoms with Crippen molar-refractivity contribution in [2.24, 2.45) is 5.41 Å². The van der Waals surface area contributed by atoms with E-state index < -0.39 is 0 Å². The van der Waals surface area contributed by atoms with Gasteiger partial charge in [0, 0.05) is 19.2 Å². The first kappa shape index (κ1) is 14.1. The third-order valence-corrected chi connectivity index (χ3v) is 3.62. The zero-order valence-corrected chi connectivity index (χ0v) is 12.1. The van der Waals surface area contributed by atoms with Crippen LogP contribution >= 0.6 is 0 Å². The van der Waals surface area contributed by atoms with Gasteiger partial charge in [0.1, 0.15) is 18.2 Å². The number of ether oxygens (including phenoxy) is 1. The number of aromatic nitrogens is 2. The lowest BCUT2D eigenvalue weighted by Gasteiger charge is -2.35. The molecule has 1 aromatic heterocycles. The molecule has 5 nitrogen and oxygen atoms in total. The minimum absolute atomic E-state index is 0.385. The third kappa shape index (κ3) is 4.06. The first-order valence-electron chi connectivity index (χ1n) is 6.87. The molecule has 0 saturated heterocycles. The van der Waals surface area contributed by atoms with Crippen molar-refractivity contribution in [3.05, 3.63) is 11.9 Å². The van der Waals surface area contributed by atoms with Crippen LogP contribution in [0.1, 0.15) is 45.4 Å². The van der Waals surface area contributed by atoms with Crippen molar-refractivity contribution in [3.63, 3.8) is 0 Å². The normalized spacial score (nSPS) is 22.2. The predicted octanol–water partition coefficient (Wildman–Crippen LogP) is 2.59. The molecule has 1 unspecified atom stereocenters. The number of nitrogen functional groups attached to an aromatic ring is 1. The van der Waals surface area contributed by atoms with Gasteiger partial charge in [-0.25, -0.2) is 9.97 Å². The Morgan fingerprint density at radius 1 is 1.47 bits per heavy atom. The molecule has 106 valence electrons. The molecule has 1 heterocycles. The van der Waals surface area contributed by atoms with Crippen LogP contribution in [0.4, 0.5) is 11.6 Å². The molecule has 0 bridgehead atoms. The van der Waals surface area contributed by atoms with Gasteiger partial charge in [-0.3, -0.25) is 0 Å². The Balaban J connectivity index is 2.06. The first-order valence-corrected chi connectivity index (χ1v) is 6.87. The number of rotatable bonds is 4. The first-order chi connectivity index (χ1) is 8.98. The molecule has 0 amide bonds. The highest BCUT2D eigenvalue weighted by Crippen LogP contribution is 2.36. The fourth-order valence-corrected chi connectivity index (χ4v) is 2.82. The zero-order valence-electron chi connectivity index (χ0n) is 12.1. The molecule has 3 N–H and O–H groups in total. The van der Waals surface area contributed by atoms with Crippen LogP contribution in [0.3, 0.4) is 0 Å². The van der Waals surface area contributed by atoms with E-state index in [1.54, 1.807) is 13.2 Å². The van der Waals surface area contributed by atoms with Gasteiger partial charge in [0.15, 0.2) is 5.82 Å². The van der Waals surface area contributed by atoms with Crippen molar-refractivity contribution in [1.29, 1.82) is 0 Å². The van der Waals surface area contributed by atoms with Gasteiger partial charge < -0.3 is 15.8 Å². The van der Waals surface area contributed by atoms with Gasteiger partial charge in [0.2, 0.25) is 0 Å². The number of nitrogens with two attached hydrogens (primary N) is 1. The monoisotopic (exact) mass is 264 g/mol. The van der Waals surface area contributed by atoms with Crippen LogP contribution in [0.25, 0.3) is 0 Å². The summed E-state index contributed by atoms with van der Waals surface area (Å²) in [6.45, 7) is 5.03. The van der Waals surface area contributed by atoms with Gasteiger partial charge in [-0.1, -0.05) is 20.3 Å². The SMILES string of the molecule is COCc1nc(N)cc(NC2CCCC(C)(C)C2)n1. The van der Waals surface area contributed by atoms with Crippen LogP contribution in [0.15, 0.2) is 6.07 Å². The summed E-state index contributed by atoms with van der Waals surface area (Å²) in [6.07, 6.45) is 4.91. The summed E-state index contributed by atoms with van der Waals surface area (Å²) < 4.78 is 5.05. The zero-order chi connectivity index (χ0) is 13.9. The quantitative estimate of drug-likeness (QED) is 0.874. The summed E-state index contributed by atoms with van der Waals surface area (Å²) in [7, 11) is 1.63. The molecule has 1 fully saturated rings. The second-order valence-corrected chi connectivity index (χ2v) is 6.13. The van der Waals surface area contributed by atoms with Gasteiger partial charge in [0.25, 0.3) is 0 Å². The fourth-order valence-electron chi connectivity index (χ4n) is 2.82. The topological polar surface area (TPSA) is 73.1 Å². The number of nitrogens with one attached hydrogen (secondary N) is 1. The lowest BCUT2D eigenvalue weighted by molar-refractivity contribution is 0.178. The molecule has 1 aromatic rings. The molecule has 1 aliphatic rings. The maximum Gasteiger partial charge on any atom is 0.158 e.